The Bertz CT molecular complexity index is 514. The molecule has 0 bridgehead atoms. The second-order valence-corrected chi connectivity index (χ2v) is 7.12. The predicted molar refractivity (Wildman–Crippen MR) is 67.1 cm³/mol. The fourth-order valence-electron chi connectivity index (χ4n) is 1.47. The van der Waals surface area contributed by atoms with Crippen LogP contribution in [0, 0.1) is 0 Å². The average Bonchev–Trinajstić information content (AvgIpc) is 2.98. The van der Waals surface area contributed by atoms with Gasteiger partial charge in [-0.1, -0.05) is 27.5 Å². The minimum absolute atomic E-state index is 0.143. The SMILES string of the molecule is CN(C1CC1)S(=O)(=O)c1ccc(Br)cc1Cl. The van der Waals surface area contributed by atoms with Crippen molar-refractivity contribution in [3.8, 4) is 0 Å². The van der Waals surface area contributed by atoms with E-state index in [0.29, 0.717) is 0 Å². The highest BCUT2D eigenvalue weighted by molar-refractivity contribution is 9.10. The number of hydrogen-bond donors (Lipinski definition) is 0. The minimum Gasteiger partial charge on any atom is -0.207 e. The lowest BCUT2D eigenvalue weighted by molar-refractivity contribution is 0.464. The Morgan fingerprint density at radius 1 is 1.44 bits per heavy atom. The molecule has 0 atom stereocenters. The third kappa shape index (κ3) is 2.27. The highest BCUT2D eigenvalue weighted by atomic mass is 79.9. The van der Waals surface area contributed by atoms with Crippen LogP contribution in [0.2, 0.25) is 5.02 Å². The van der Waals surface area contributed by atoms with Crippen LogP contribution >= 0.6 is 27.5 Å². The Balaban J connectivity index is 2.42. The standard InChI is InChI=1S/C10H11BrClNO2S/c1-13(8-3-4-8)16(14,15)10-5-2-7(11)6-9(10)12/h2,5-6,8H,3-4H2,1H3. The van der Waals surface area contributed by atoms with E-state index in [1.165, 1.54) is 10.4 Å². The summed E-state index contributed by atoms with van der Waals surface area (Å²) in [5.41, 5.74) is 0. The normalized spacial score (nSPS) is 16.8. The van der Waals surface area contributed by atoms with Gasteiger partial charge < -0.3 is 0 Å². The van der Waals surface area contributed by atoms with Gasteiger partial charge in [-0.3, -0.25) is 0 Å². The molecule has 1 aromatic carbocycles. The maximum absolute atomic E-state index is 12.2. The van der Waals surface area contributed by atoms with Crippen LogP contribution in [0.25, 0.3) is 0 Å². The van der Waals surface area contributed by atoms with Crippen LogP contribution in [0.4, 0.5) is 0 Å². The molecule has 1 aliphatic rings. The lowest BCUT2D eigenvalue weighted by Crippen LogP contribution is -2.29. The first-order valence-corrected chi connectivity index (χ1v) is 7.47. The molecule has 6 heteroatoms. The van der Waals surface area contributed by atoms with Crippen molar-refractivity contribution in [3.05, 3.63) is 27.7 Å². The summed E-state index contributed by atoms with van der Waals surface area (Å²) in [5.74, 6) is 0. The number of benzene rings is 1. The van der Waals surface area contributed by atoms with E-state index >= 15 is 0 Å². The maximum atomic E-state index is 12.2. The van der Waals surface area contributed by atoms with Crippen LogP contribution in [-0.2, 0) is 10.0 Å². The molecular formula is C10H11BrClNO2S. The molecule has 0 N–H and O–H groups in total. The molecule has 0 aliphatic heterocycles. The number of sulfonamides is 1. The van der Waals surface area contributed by atoms with E-state index in [0.717, 1.165) is 17.3 Å². The lowest BCUT2D eigenvalue weighted by Gasteiger charge is -2.17. The molecule has 1 fully saturated rings. The molecule has 1 aromatic rings. The van der Waals surface area contributed by atoms with Crippen LogP contribution in [-0.4, -0.2) is 25.8 Å². The smallest absolute Gasteiger partial charge is 0.207 e. The largest absolute Gasteiger partial charge is 0.244 e. The zero-order chi connectivity index (χ0) is 11.9. The molecule has 16 heavy (non-hydrogen) atoms. The summed E-state index contributed by atoms with van der Waals surface area (Å²) >= 11 is 9.20. The topological polar surface area (TPSA) is 37.4 Å². The van der Waals surface area contributed by atoms with Crippen LogP contribution in [0.5, 0.6) is 0 Å². The van der Waals surface area contributed by atoms with Crippen molar-refractivity contribution in [2.75, 3.05) is 7.05 Å². The quantitative estimate of drug-likeness (QED) is 0.857. The van der Waals surface area contributed by atoms with E-state index in [1.807, 2.05) is 0 Å². The predicted octanol–water partition coefficient (Wildman–Crippen LogP) is 2.89. The van der Waals surface area contributed by atoms with Crippen molar-refractivity contribution in [2.24, 2.45) is 0 Å². The zero-order valence-electron chi connectivity index (χ0n) is 8.65. The third-order valence-corrected chi connectivity index (χ3v) is 5.50. The second kappa shape index (κ2) is 4.29. The van der Waals surface area contributed by atoms with E-state index in [2.05, 4.69) is 15.9 Å². The van der Waals surface area contributed by atoms with Gasteiger partial charge in [-0.15, -0.1) is 0 Å². The number of nitrogens with zero attached hydrogens (tertiary/aromatic N) is 1. The van der Waals surface area contributed by atoms with Gasteiger partial charge in [0.05, 0.1) is 5.02 Å². The van der Waals surface area contributed by atoms with E-state index in [-0.39, 0.29) is 16.0 Å². The summed E-state index contributed by atoms with van der Waals surface area (Å²) in [5, 5.41) is 0.252. The van der Waals surface area contributed by atoms with Crippen molar-refractivity contribution in [1.29, 1.82) is 0 Å². The Morgan fingerprint density at radius 2 is 2.06 bits per heavy atom. The highest BCUT2D eigenvalue weighted by Gasteiger charge is 2.35. The summed E-state index contributed by atoms with van der Waals surface area (Å²) in [6.07, 6.45) is 1.87. The van der Waals surface area contributed by atoms with Gasteiger partial charge >= 0.3 is 0 Å². The van der Waals surface area contributed by atoms with Crippen molar-refractivity contribution >= 4 is 37.6 Å². The van der Waals surface area contributed by atoms with Gasteiger partial charge in [0.15, 0.2) is 0 Å². The Morgan fingerprint density at radius 3 is 2.56 bits per heavy atom. The van der Waals surface area contributed by atoms with E-state index in [1.54, 1.807) is 19.2 Å². The monoisotopic (exact) mass is 323 g/mol. The molecule has 0 unspecified atom stereocenters. The van der Waals surface area contributed by atoms with Crippen LogP contribution in [0.3, 0.4) is 0 Å². The van der Waals surface area contributed by atoms with Crippen LogP contribution in [0.15, 0.2) is 27.6 Å². The molecule has 0 spiro atoms. The molecular weight excluding hydrogens is 314 g/mol. The van der Waals surface area contributed by atoms with Gasteiger partial charge in [0, 0.05) is 17.6 Å². The first-order valence-electron chi connectivity index (χ1n) is 4.86. The van der Waals surface area contributed by atoms with Crippen molar-refractivity contribution in [3.63, 3.8) is 0 Å². The molecule has 0 heterocycles. The number of rotatable bonds is 3. The van der Waals surface area contributed by atoms with Crippen molar-refractivity contribution in [2.45, 2.75) is 23.8 Å². The molecule has 0 aromatic heterocycles. The Labute approximate surface area is 109 Å². The molecule has 1 aliphatic carbocycles. The van der Waals surface area contributed by atoms with Gasteiger partial charge in [0.2, 0.25) is 10.0 Å². The van der Waals surface area contributed by atoms with Crippen molar-refractivity contribution in [1.82, 2.24) is 4.31 Å². The van der Waals surface area contributed by atoms with Gasteiger partial charge in [-0.05, 0) is 31.0 Å². The molecule has 1 saturated carbocycles. The summed E-state index contributed by atoms with van der Waals surface area (Å²) in [7, 11) is -1.84. The highest BCUT2D eigenvalue weighted by Crippen LogP contribution is 2.33. The minimum atomic E-state index is -3.44. The summed E-state index contributed by atoms with van der Waals surface area (Å²) in [4.78, 5) is 0.173. The first-order chi connectivity index (χ1) is 7.43. The van der Waals surface area contributed by atoms with Gasteiger partial charge in [-0.2, -0.15) is 4.31 Å². The summed E-state index contributed by atoms with van der Waals surface area (Å²) < 4.78 is 26.5. The van der Waals surface area contributed by atoms with E-state index in [4.69, 9.17) is 11.6 Å². The van der Waals surface area contributed by atoms with Crippen molar-refractivity contribution < 1.29 is 8.42 Å². The molecule has 88 valence electrons. The van der Waals surface area contributed by atoms with Gasteiger partial charge in [-0.25, -0.2) is 8.42 Å². The molecule has 0 radical (unpaired) electrons. The van der Waals surface area contributed by atoms with Crippen LogP contribution < -0.4 is 0 Å². The first kappa shape index (κ1) is 12.4. The average molecular weight is 325 g/mol. The molecule has 0 amide bonds. The zero-order valence-corrected chi connectivity index (χ0v) is 11.8. The Hall–Kier alpha value is -0.100. The van der Waals surface area contributed by atoms with Gasteiger partial charge in [0.25, 0.3) is 0 Å². The van der Waals surface area contributed by atoms with Gasteiger partial charge in [0.1, 0.15) is 4.90 Å². The number of halogens is 2. The van der Waals surface area contributed by atoms with E-state index in [9.17, 15) is 8.42 Å². The molecule has 3 nitrogen and oxygen atoms in total. The summed E-state index contributed by atoms with van der Waals surface area (Å²) in [6.45, 7) is 0. The van der Waals surface area contributed by atoms with Crippen LogP contribution in [0.1, 0.15) is 12.8 Å². The third-order valence-electron chi connectivity index (χ3n) is 2.61. The molecule has 2 rings (SSSR count). The fourth-order valence-corrected chi connectivity index (χ4v) is 3.90. The molecule has 0 saturated heterocycles. The van der Waals surface area contributed by atoms with E-state index < -0.39 is 10.0 Å². The Kier molecular flexibility index (Phi) is 3.32. The summed E-state index contributed by atoms with van der Waals surface area (Å²) in [6, 6.07) is 4.94. The fraction of sp³-hybridized carbons (Fsp3) is 0.400. The number of hydrogen-bond acceptors (Lipinski definition) is 2. The lowest BCUT2D eigenvalue weighted by atomic mass is 10.4. The second-order valence-electron chi connectivity index (χ2n) is 3.83. The maximum Gasteiger partial charge on any atom is 0.244 e.